The van der Waals surface area contributed by atoms with Gasteiger partial charge in [0.25, 0.3) is 5.91 Å². The predicted molar refractivity (Wildman–Crippen MR) is 110 cm³/mol. The maximum absolute atomic E-state index is 12.9. The Morgan fingerprint density at radius 2 is 1.93 bits per heavy atom. The van der Waals surface area contributed by atoms with Gasteiger partial charge in [-0.15, -0.1) is 0 Å². The van der Waals surface area contributed by atoms with Crippen molar-refractivity contribution in [1.29, 1.82) is 0 Å². The molecule has 0 bridgehead atoms. The first kappa shape index (κ1) is 21.2. The highest BCUT2D eigenvalue weighted by molar-refractivity contribution is 6.05. The van der Waals surface area contributed by atoms with Crippen LogP contribution in [0.15, 0.2) is 30.5 Å². The van der Waals surface area contributed by atoms with Crippen LogP contribution >= 0.6 is 0 Å². The van der Waals surface area contributed by atoms with Gasteiger partial charge in [0, 0.05) is 18.7 Å². The molecule has 0 aliphatic heterocycles. The Morgan fingerprint density at radius 1 is 1.15 bits per heavy atom. The van der Waals surface area contributed by atoms with Crippen LogP contribution in [0.25, 0.3) is 10.9 Å². The number of nitrogens with one attached hydrogen (secondary N) is 1. The molecule has 5 heteroatoms. The topological polar surface area (TPSA) is 60.5 Å². The molecular weight excluding hydrogens is 340 g/mol. The van der Waals surface area contributed by atoms with Crippen LogP contribution < -0.4 is 10.1 Å². The number of aromatic nitrogens is 1. The van der Waals surface area contributed by atoms with Gasteiger partial charge in [-0.1, -0.05) is 39.5 Å². The zero-order valence-corrected chi connectivity index (χ0v) is 17.0. The van der Waals surface area contributed by atoms with E-state index in [1.807, 2.05) is 31.2 Å². The van der Waals surface area contributed by atoms with Gasteiger partial charge in [-0.3, -0.25) is 9.78 Å². The van der Waals surface area contributed by atoms with Crippen LogP contribution in [-0.4, -0.2) is 30.2 Å². The molecule has 0 spiro atoms. The Morgan fingerprint density at radius 3 is 2.63 bits per heavy atom. The Bertz CT molecular complexity index is 747. The SMILES string of the molecule is CCCCC[C@@](C)(OC)C(=O)Nc1ccc(OCCCC)c2ncccc12. The molecule has 27 heavy (non-hydrogen) atoms. The molecule has 5 nitrogen and oxygen atoms in total. The van der Waals surface area contributed by atoms with Crippen molar-refractivity contribution in [3.8, 4) is 5.75 Å². The van der Waals surface area contributed by atoms with Crippen LogP contribution in [0.1, 0.15) is 59.3 Å². The quantitative estimate of drug-likeness (QED) is 0.541. The third-order valence-electron chi connectivity index (χ3n) is 4.92. The molecule has 1 atom stereocenters. The van der Waals surface area contributed by atoms with Crippen LogP contribution in [0.2, 0.25) is 0 Å². The zero-order chi connectivity index (χ0) is 19.7. The van der Waals surface area contributed by atoms with E-state index in [2.05, 4.69) is 24.1 Å². The standard InChI is InChI=1S/C22H32N2O3/c1-5-7-9-14-22(3,26-4)21(25)24-18-12-13-19(27-16-8-6-2)20-17(18)11-10-15-23-20/h10-13,15H,5-9,14,16H2,1-4H3,(H,24,25)/t22-/m1/s1. The number of carbonyl (C=O) groups is 1. The number of nitrogens with zero attached hydrogens (tertiary/aromatic N) is 1. The van der Waals surface area contributed by atoms with Crippen LogP contribution in [0, 0.1) is 0 Å². The Labute approximate surface area is 162 Å². The lowest BCUT2D eigenvalue weighted by atomic mass is 9.96. The second kappa shape index (κ2) is 10.3. The molecule has 0 saturated carbocycles. The first-order chi connectivity index (χ1) is 13.1. The molecule has 0 saturated heterocycles. The van der Waals surface area contributed by atoms with E-state index in [9.17, 15) is 4.79 Å². The summed E-state index contributed by atoms with van der Waals surface area (Å²) >= 11 is 0. The maximum atomic E-state index is 12.9. The van der Waals surface area contributed by atoms with E-state index in [1.165, 1.54) is 0 Å². The van der Waals surface area contributed by atoms with Gasteiger partial charge in [0.2, 0.25) is 0 Å². The van der Waals surface area contributed by atoms with Crippen molar-refractivity contribution in [3.05, 3.63) is 30.5 Å². The van der Waals surface area contributed by atoms with E-state index in [0.717, 1.165) is 54.4 Å². The lowest BCUT2D eigenvalue weighted by Crippen LogP contribution is -2.42. The molecule has 2 rings (SSSR count). The second-order valence-electron chi connectivity index (χ2n) is 7.06. The molecule has 1 amide bonds. The number of unbranched alkanes of at least 4 members (excludes halogenated alkanes) is 3. The zero-order valence-electron chi connectivity index (χ0n) is 17.0. The highest BCUT2D eigenvalue weighted by atomic mass is 16.5. The molecule has 2 aromatic rings. The van der Waals surface area contributed by atoms with Crippen molar-refractivity contribution in [1.82, 2.24) is 4.98 Å². The van der Waals surface area contributed by atoms with Gasteiger partial charge in [-0.25, -0.2) is 0 Å². The third-order valence-corrected chi connectivity index (χ3v) is 4.92. The van der Waals surface area contributed by atoms with Gasteiger partial charge in [0.15, 0.2) is 0 Å². The van der Waals surface area contributed by atoms with Crippen molar-refractivity contribution in [2.75, 3.05) is 19.0 Å². The first-order valence-electron chi connectivity index (χ1n) is 9.92. The lowest BCUT2D eigenvalue weighted by molar-refractivity contribution is -0.136. The average Bonchev–Trinajstić information content (AvgIpc) is 2.69. The Kier molecular flexibility index (Phi) is 8.04. The maximum Gasteiger partial charge on any atom is 0.256 e. The summed E-state index contributed by atoms with van der Waals surface area (Å²) in [5.41, 5.74) is 0.640. The Balaban J connectivity index is 2.23. The summed E-state index contributed by atoms with van der Waals surface area (Å²) in [6.07, 6.45) is 7.66. The predicted octanol–water partition coefficient (Wildman–Crippen LogP) is 5.34. The summed E-state index contributed by atoms with van der Waals surface area (Å²) in [6, 6.07) is 7.57. The third kappa shape index (κ3) is 5.42. The number of hydrogen-bond acceptors (Lipinski definition) is 4. The summed E-state index contributed by atoms with van der Waals surface area (Å²) in [5.74, 6) is 0.611. The highest BCUT2D eigenvalue weighted by Gasteiger charge is 2.32. The minimum Gasteiger partial charge on any atom is -0.491 e. The van der Waals surface area contributed by atoms with Crippen molar-refractivity contribution >= 4 is 22.5 Å². The van der Waals surface area contributed by atoms with Crippen molar-refractivity contribution < 1.29 is 14.3 Å². The Hall–Kier alpha value is -2.14. The van der Waals surface area contributed by atoms with Crippen molar-refractivity contribution in [3.63, 3.8) is 0 Å². The highest BCUT2D eigenvalue weighted by Crippen LogP contribution is 2.31. The molecule has 0 fully saturated rings. The molecule has 1 aromatic heterocycles. The van der Waals surface area contributed by atoms with E-state index in [0.29, 0.717) is 13.0 Å². The molecule has 0 aliphatic carbocycles. The number of methoxy groups -OCH3 is 1. The minimum absolute atomic E-state index is 0.133. The number of carbonyl (C=O) groups excluding carboxylic acids is 1. The van der Waals surface area contributed by atoms with Gasteiger partial charge >= 0.3 is 0 Å². The van der Waals surface area contributed by atoms with Gasteiger partial charge in [-0.05, 0) is 44.0 Å². The van der Waals surface area contributed by atoms with Crippen molar-refractivity contribution in [2.24, 2.45) is 0 Å². The fraction of sp³-hybridized carbons (Fsp3) is 0.545. The number of fused-ring (bicyclic) bond motifs is 1. The van der Waals surface area contributed by atoms with Gasteiger partial charge in [0.05, 0.1) is 12.3 Å². The van der Waals surface area contributed by atoms with Gasteiger partial charge < -0.3 is 14.8 Å². The molecule has 0 unspecified atom stereocenters. The lowest BCUT2D eigenvalue weighted by Gasteiger charge is -2.27. The number of rotatable bonds is 11. The minimum atomic E-state index is -0.847. The molecule has 1 aromatic carbocycles. The first-order valence-corrected chi connectivity index (χ1v) is 9.92. The number of amides is 1. The molecule has 0 aliphatic rings. The number of benzene rings is 1. The molecule has 148 valence electrons. The fourth-order valence-corrected chi connectivity index (χ4v) is 2.97. The number of hydrogen-bond donors (Lipinski definition) is 1. The molecular formula is C22H32N2O3. The van der Waals surface area contributed by atoms with Crippen LogP contribution in [-0.2, 0) is 9.53 Å². The van der Waals surface area contributed by atoms with E-state index < -0.39 is 5.60 Å². The fourth-order valence-electron chi connectivity index (χ4n) is 2.97. The number of anilines is 1. The smallest absolute Gasteiger partial charge is 0.256 e. The molecule has 1 N–H and O–H groups in total. The largest absolute Gasteiger partial charge is 0.491 e. The van der Waals surface area contributed by atoms with E-state index in [1.54, 1.807) is 13.3 Å². The summed E-state index contributed by atoms with van der Waals surface area (Å²) in [5, 5.41) is 3.91. The summed E-state index contributed by atoms with van der Waals surface area (Å²) in [7, 11) is 1.59. The van der Waals surface area contributed by atoms with Crippen LogP contribution in [0.4, 0.5) is 5.69 Å². The molecule has 1 heterocycles. The van der Waals surface area contributed by atoms with E-state index >= 15 is 0 Å². The normalized spacial score (nSPS) is 13.3. The van der Waals surface area contributed by atoms with Gasteiger partial charge in [-0.2, -0.15) is 0 Å². The van der Waals surface area contributed by atoms with E-state index in [4.69, 9.17) is 9.47 Å². The molecule has 0 radical (unpaired) electrons. The number of ether oxygens (including phenoxy) is 2. The summed E-state index contributed by atoms with van der Waals surface area (Å²) in [6.45, 7) is 6.78. The van der Waals surface area contributed by atoms with Crippen LogP contribution in [0.5, 0.6) is 5.75 Å². The van der Waals surface area contributed by atoms with Gasteiger partial charge in [0.1, 0.15) is 16.9 Å². The monoisotopic (exact) mass is 372 g/mol. The number of pyridine rings is 1. The second-order valence-corrected chi connectivity index (χ2v) is 7.06. The summed E-state index contributed by atoms with van der Waals surface area (Å²) < 4.78 is 11.4. The summed E-state index contributed by atoms with van der Waals surface area (Å²) in [4.78, 5) is 17.4. The average molecular weight is 373 g/mol. The van der Waals surface area contributed by atoms with E-state index in [-0.39, 0.29) is 5.91 Å². The van der Waals surface area contributed by atoms with Crippen LogP contribution in [0.3, 0.4) is 0 Å². The van der Waals surface area contributed by atoms with Crippen molar-refractivity contribution in [2.45, 2.75) is 64.9 Å².